The maximum Gasteiger partial charge on any atom is 0.227 e. The highest BCUT2D eigenvalue weighted by Gasteiger charge is 2.10. The number of nitrogens with zero attached hydrogens (tertiary/aromatic N) is 1. The first kappa shape index (κ1) is 13.6. The lowest BCUT2D eigenvalue weighted by Crippen LogP contribution is -2.32. The minimum atomic E-state index is -0.331. The minimum absolute atomic E-state index is 0.0243. The van der Waals surface area contributed by atoms with Gasteiger partial charge in [0.15, 0.2) is 0 Å². The third-order valence-electron chi connectivity index (χ3n) is 2.46. The second-order valence-corrected chi connectivity index (χ2v) is 4.29. The molecule has 1 rings (SSSR count). The van der Waals surface area contributed by atoms with E-state index in [9.17, 15) is 9.18 Å². The summed E-state index contributed by atoms with van der Waals surface area (Å²) < 4.78 is 13.0. The number of amides is 1. The van der Waals surface area contributed by atoms with E-state index in [1.54, 1.807) is 19.2 Å². The molecule has 1 aromatic rings. The number of benzene rings is 1. The number of nitrogens with one attached hydrogen (secondary N) is 1. The molecule has 0 saturated carbocycles. The minimum Gasteiger partial charge on any atom is -0.315 e. The first-order chi connectivity index (χ1) is 8.00. The molecule has 0 aliphatic carbocycles. The lowest BCUT2D eigenvalue weighted by molar-refractivity contribution is -0.118. The Kier molecular flexibility index (Phi) is 5.10. The zero-order valence-electron chi connectivity index (χ0n) is 10.5. The van der Waals surface area contributed by atoms with Gasteiger partial charge in [0.05, 0.1) is 0 Å². The van der Waals surface area contributed by atoms with Gasteiger partial charge < -0.3 is 10.2 Å². The van der Waals surface area contributed by atoms with Crippen LogP contribution in [0.4, 0.5) is 10.1 Å². The van der Waals surface area contributed by atoms with Crippen molar-refractivity contribution in [2.45, 2.75) is 26.3 Å². The molecule has 0 heterocycles. The number of carbonyl (C=O) groups is 1. The maximum absolute atomic E-state index is 13.0. The molecule has 4 heteroatoms. The standard InChI is InChI=1S/C13H19FN2O/c1-10(2)15-8-7-13(17)16(3)12-6-4-5-11(14)9-12/h4-6,9-10,15H,7-8H2,1-3H3. The van der Waals surface area contributed by atoms with Crippen LogP contribution in [0.5, 0.6) is 0 Å². The van der Waals surface area contributed by atoms with Crippen LogP contribution in [0, 0.1) is 5.82 Å². The first-order valence-electron chi connectivity index (χ1n) is 5.76. The number of halogens is 1. The predicted molar refractivity (Wildman–Crippen MR) is 67.6 cm³/mol. The monoisotopic (exact) mass is 238 g/mol. The van der Waals surface area contributed by atoms with Gasteiger partial charge in [0.2, 0.25) is 5.91 Å². The van der Waals surface area contributed by atoms with Crippen molar-refractivity contribution in [2.75, 3.05) is 18.5 Å². The third kappa shape index (κ3) is 4.53. The Morgan fingerprint density at radius 2 is 2.18 bits per heavy atom. The van der Waals surface area contributed by atoms with Crippen LogP contribution in [-0.4, -0.2) is 25.5 Å². The summed E-state index contributed by atoms with van der Waals surface area (Å²) in [7, 11) is 1.66. The van der Waals surface area contributed by atoms with Gasteiger partial charge in [0.1, 0.15) is 5.82 Å². The summed E-state index contributed by atoms with van der Waals surface area (Å²) in [6, 6.07) is 6.40. The van der Waals surface area contributed by atoms with E-state index in [1.165, 1.54) is 17.0 Å². The van der Waals surface area contributed by atoms with Gasteiger partial charge in [-0.3, -0.25) is 4.79 Å². The van der Waals surface area contributed by atoms with E-state index in [2.05, 4.69) is 5.32 Å². The van der Waals surface area contributed by atoms with Crippen LogP contribution in [-0.2, 0) is 4.79 Å². The fourth-order valence-corrected chi connectivity index (χ4v) is 1.46. The van der Waals surface area contributed by atoms with Crippen LogP contribution in [0.3, 0.4) is 0 Å². The van der Waals surface area contributed by atoms with Gasteiger partial charge in [-0.2, -0.15) is 0 Å². The second kappa shape index (κ2) is 6.35. The highest BCUT2D eigenvalue weighted by Crippen LogP contribution is 2.14. The lowest BCUT2D eigenvalue weighted by atomic mass is 10.2. The Labute approximate surface area is 102 Å². The van der Waals surface area contributed by atoms with Gasteiger partial charge in [-0.25, -0.2) is 4.39 Å². The van der Waals surface area contributed by atoms with Crippen molar-refractivity contribution in [3.63, 3.8) is 0 Å². The highest BCUT2D eigenvalue weighted by molar-refractivity contribution is 5.92. The molecule has 0 radical (unpaired) electrons. The van der Waals surface area contributed by atoms with Gasteiger partial charge in [-0.05, 0) is 18.2 Å². The van der Waals surface area contributed by atoms with Gasteiger partial charge >= 0.3 is 0 Å². The van der Waals surface area contributed by atoms with E-state index < -0.39 is 0 Å². The van der Waals surface area contributed by atoms with Gasteiger partial charge in [0.25, 0.3) is 0 Å². The molecular weight excluding hydrogens is 219 g/mol. The summed E-state index contributed by atoms with van der Waals surface area (Å²) in [6.45, 7) is 4.69. The molecule has 0 unspecified atom stereocenters. The smallest absolute Gasteiger partial charge is 0.227 e. The largest absolute Gasteiger partial charge is 0.315 e. The SMILES string of the molecule is CC(C)NCCC(=O)N(C)c1cccc(F)c1. The van der Waals surface area contributed by atoms with Crippen LogP contribution in [0.1, 0.15) is 20.3 Å². The number of carbonyl (C=O) groups excluding carboxylic acids is 1. The molecule has 1 N–H and O–H groups in total. The fraction of sp³-hybridized carbons (Fsp3) is 0.462. The first-order valence-corrected chi connectivity index (χ1v) is 5.76. The highest BCUT2D eigenvalue weighted by atomic mass is 19.1. The molecule has 0 aliphatic heterocycles. The van der Waals surface area contributed by atoms with Crippen molar-refractivity contribution >= 4 is 11.6 Å². The fourth-order valence-electron chi connectivity index (χ4n) is 1.46. The van der Waals surface area contributed by atoms with Crippen molar-refractivity contribution < 1.29 is 9.18 Å². The van der Waals surface area contributed by atoms with Crippen molar-refractivity contribution in [3.8, 4) is 0 Å². The van der Waals surface area contributed by atoms with Crippen molar-refractivity contribution in [3.05, 3.63) is 30.1 Å². The Morgan fingerprint density at radius 3 is 2.76 bits per heavy atom. The molecule has 0 spiro atoms. The quantitative estimate of drug-likeness (QED) is 0.852. The molecule has 0 saturated heterocycles. The van der Waals surface area contributed by atoms with E-state index in [4.69, 9.17) is 0 Å². The van der Waals surface area contributed by atoms with Crippen LogP contribution >= 0.6 is 0 Å². The third-order valence-corrected chi connectivity index (χ3v) is 2.46. The Bertz CT molecular complexity index is 379. The molecule has 94 valence electrons. The molecule has 0 aromatic heterocycles. The van der Waals surface area contributed by atoms with Crippen LogP contribution in [0.2, 0.25) is 0 Å². The van der Waals surface area contributed by atoms with Gasteiger partial charge in [-0.15, -0.1) is 0 Å². The summed E-state index contributed by atoms with van der Waals surface area (Å²) in [4.78, 5) is 13.3. The van der Waals surface area contributed by atoms with Crippen molar-refractivity contribution in [2.24, 2.45) is 0 Å². The summed E-state index contributed by atoms with van der Waals surface area (Å²) in [5.41, 5.74) is 0.583. The molecule has 0 bridgehead atoms. The van der Waals surface area contributed by atoms with E-state index in [0.717, 1.165) is 0 Å². The molecular formula is C13H19FN2O. The summed E-state index contributed by atoms with van der Waals surface area (Å²) in [5, 5.41) is 3.17. The Balaban J connectivity index is 2.52. The van der Waals surface area contributed by atoms with Gasteiger partial charge in [0, 0.05) is 31.7 Å². The van der Waals surface area contributed by atoms with E-state index in [1.807, 2.05) is 13.8 Å². The molecule has 3 nitrogen and oxygen atoms in total. The second-order valence-electron chi connectivity index (χ2n) is 4.29. The number of anilines is 1. The Hall–Kier alpha value is -1.42. The summed E-state index contributed by atoms with van der Waals surface area (Å²) >= 11 is 0. The maximum atomic E-state index is 13.0. The summed E-state index contributed by atoms with van der Waals surface area (Å²) in [5.74, 6) is -0.355. The Morgan fingerprint density at radius 1 is 1.47 bits per heavy atom. The molecule has 0 fully saturated rings. The van der Waals surface area contributed by atoms with E-state index >= 15 is 0 Å². The van der Waals surface area contributed by atoms with Crippen molar-refractivity contribution in [1.29, 1.82) is 0 Å². The topological polar surface area (TPSA) is 32.3 Å². The van der Waals surface area contributed by atoms with Crippen LogP contribution in [0.25, 0.3) is 0 Å². The molecule has 1 aromatic carbocycles. The molecule has 17 heavy (non-hydrogen) atoms. The normalized spacial score (nSPS) is 10.6. The zero-order chi connectivity index (χ0) is 12.8. The summed E-state index contributed by atoms with van der Waals surface area (Å²) in [6.07, 6.45) is 0.408. The predicted octanol–water partition coefficient (Wildman–Crippen LogP) is 2.18. The van der Waals surface area contributed by atoms with E-state index in [-0.39, 0.29) is 11.7 Å². The average Bonchev–Trinajstić information content (AvgIpc) is 2.27. The molecule has 0 atom stereocenters. The van der Waals surface area contributed by atoms with Gasteiger partial charge in [-0.1, -0.05) is 19.9 Å². The van der Waals surface area contributed by atoms with Crippen molar-refractivity contribution in [1.82, 2.24) is 5.32 Å². The van der Waals surface area contributed by atoms with E-state index in [0.29, 0.717) is 24.7 Å². The van der Waals surface area contributed by atoms with Crippen LogP contribution in [0.15, 0.2) is 24.3 Å². The lowest BCUT2D eigenvalue weighted by Gasteiger charge is -2.18. The number of hydrogen-bond acceptors (Lipinski definition) is 2. The molecule has 0 aliphatic rings. The number of hydrogen-bond donors (Lipinski definition) is 1. The average molecular weight is 238 g/mol. The molecule has 1 amide bonds. The zero-order valence-corrected chi connectivity index (χ0v) is 10.5. The van der Waals surface area contributed by atoms with Crippen LogP contribution < -0.4 is 10.2 Å². The number of rotatable bonds is 5.